The maximum absolute atomic E-state index is 12.3. The fraction of sp³-hybridized carbons (Fsp3) is 0.562. The van der Waals surface area contributed by atoms with Gasteiger partial charge in [0, 0.05) is 18.8 Å². The lowest BCUT2D eigenvalue weighted by Gasteiger charge is -2.10. The number of anilines is 1. The van der Waals surface area contributed by atoms with Crippen molar-refractivity contribution in [1.29, 1.82) is 0 Å². The summed E-state index contributed by atoms with van der Waals surface area (Å²) in [5.41, 5.74) is 0.571. The molecule has 1 heterocycles. The smallest absolute Gasteiger partial charge is 0.319 e. The fourth-order valence-electron chi connectivity index (χ4n) is 2.42. The molecule has 6 nitrogen and oxygen atoms in total. The molecule has 7 heteroatoms. The zero-order valence-electron chi connectivity index (χ0n) is 13.4. The molecule has 0 bridgehead atoms. The first-order valence-electron chi connectivity index (χ1n) is 7.96. The molecule has 1 aromatic carbocycles. The zero-order valence-corrected chi connectivity index (χ0v) is 14.2. The van der Waals surface area contributed by atoms with E-state index in [2.05, 4.69) is 17.6 Å². The summed E-state index contributed by atoms with van der Waals surface area (Å²) in [4.78, 5) is 11.9. The first-order chi connectivity index (χ1) is 11.0. The SMILES string of the molecule is CCCCNC(=O)Nc1ccc(S(=O)(=O)CC2CCOC2)cc1. The summed E-state index contributed by atoms with van der Waals surface area (Å²) in [6, 6.07) is 6.01. The Morgan fingerprint density at radius 1 is 1.30 bits per heavy atom. The van der Waals surface area contributed by atoms with Crippen molar-refractivity contribution in [3.63, 3.8) is 0 Å². The van der Waals surface area contributed by atoms with E-state index < -0.39 is 9.84 Å². The molecular formula is C16H24N2O4S. The van der Waals surface area contributed by atoms with Crippen LogP contribution in [-0.2, 0) is 14.6 Å². The van der Waals surface area contributed by atoms with Crippen molar-refractivity contribution in [2.45, 2.75) is 31.1 Å². The quantitative estimate of drug-likeness (QED) is 0.747. The van der Waals surface area contributed by atoms with Gasteiger partial charge in [0.1, 0.15) is 0 Å². The van der Waals surface area contributed by atoms with Crippen LogP contribution in [-0.4, -0.2) is 40.0 Å². The third kappa shape index (κ3) is 5.51. The number of hydrogen-bond donors (Lipinski definition) is 2. The van der Waals surface area contributed by atoms with Crippen LogP contribution in [0.1, 0.15) is 26.2 Å². The summed E-state index contributed by atoms with van der Waals surface area (Å²) in [6.45, 7) is 3.82. The Morgan fingerprint density at radius 2 is 2.04 bits per heavy atom. The zero-order chi connectivity index (χ0) is 16.7. The number of unbranched alkanes of at least 4 members (excludes halogenated alkanes) is 1. The fourth-order valence-corrected chi connectivity index (χ4v) is 4.05. The monoisotopic (exact) mass is 340 g/mol. The average Bonchev–Trinajstić information content (AvgIpc) is 3.00. The Labute approximate surface area is 137 Å². The van der Waals surface area contributed by atoms with Crippen molar-refractivity contribution in [3.8, 4) is 0 Å². The van der Waals surface area contributed by atoms with Gasteiger partial charge in [-0.2, -0.15) is 0 Å². The molecule has 1 aromatic rings. The van der Waals surface area contributed by atoms with Crippen LogP contribution in [0.4, 0.5) is 10.5 Å². The van der Waals surface area contributed by atoms with E-state index in [-0.39, 0.29) is 22.6 Å². The number of amides is 2. The van der Waals surface area contributed by atoms with Gasteiger partial charge in [-0.1, -0.05) is 13.3 Å². The van der Waals surface area contributed by atoms with Crippen LogP contribution in [0.2, 0.25) is 0 Å². The maximum Gasteiger partial charge on any atom is 0.319 e. The standard InChI is InChI=1S/C16H24N2O4S/c1-2-3-9-17-16(19)18-14-4-6-15(7-5-14)23(20,21)12-13-8-10-22-11-13/h4-7,13H,2-3,8-12H2,1H3,(H2,17,18,19). The molecule has 1 aliphatic heterocycles. The molecule has 2 amide bonds. The highest BCUT2D eigenvalue weighted by atomic mass is 32.2. The molecule has 1 fully saturated rings. The number of urea groups is 1. The number of carbonyl (C=O) groups excluding carboxylic acids is 1. The lowest BCUT2D eigenvalue weighted by molar-refractivity contribution is 0.188. The van der Waals surface area contributed by atoms with Crippen LogP contribution in [0, 0.1) is 5.92 Å². The largest absolute Gasteiger partial charge is 0.381 e. The molecule has 23 heavy (non-hydrogen) atoms. The molecule has 1 atom stereocenters. The van der Waals surface area contributed by atoms with Crippen LogP contribution < -0.4 is 10.6 Å². The number of nitrogens with one attached hydrogen (secondary N) is 2. The average molecular weight is 340 g/mol. The Morgan fingerprint density at radius 3 is 2.65 bits per heavy atom. The summed E-state index contributed by atoms with van der Waals surface area (Å²) in [5.74, 6) is 0.180. The van der Waals surface area contributed by atoms with Gasteiger partial charge >= 0.3 is 6.03 Å². The van der Waals surface area contributed by atoms with E-state index >= 15 is 0 Å². The molecule has 1 aliphatic rings. The van der Waals surface area contributed by atoms with Crippen LogP contribution in [0.5, 0.6) is 0 Å². The van der Waals surface area contributed by atoms with Gasteiger partial charge in [0.05, 0.1) is 17.3 Å². The van der Waals surface area contributed by atoms with Crippen LogP contribution >= 0.6 is 0 Å². The van der Waals surface area contributed by atoms with E-state index in [9.17, 15) is 13.2 Å². The second-order valence-corrected chi connectivity index (χ2v) is 7.80. The first-order valence-corrected chi connectivity index (χ1v) is 9.62. The summed E-state index contributed by atoms with van der Waals surface area (Å²) in [5, 5.41) is 5.43. The van der Waals surface area contributed by atoms with Crippen molar-refractivity contribution < 1.29 is 17.9 Å². The van der Waals surface area contributed by atoms with Crippen molar-refractivity contribution in [3.05, 3.63) is 24.3 Å². The second kappa shape index (κ2) is 8.31. The Bertz CT molecular complexity index is 607. The van der Waals surface area contributed by atoms with Crippen LogP contribution in [0.15, 0.2) is 29.2 Å². The van der Waals surface area contributed by atoms with Gasteiger partial charge in [-0.25, -0.2) is 13.2 Å². The molecule has 0 aromatic heterocycles. The maximum atomic E-state index is 12.3. The predicted molar refractivity (Wildman–Crippen MR) is 89.4 cm³/mol. The second-order valence-electron chi connectivity index (χ2n) is 5.77. The van der Waals surface area contributed by atoms with Crippen LogP contribution in [0.25, 0.3) is 0 Å². The Hall–Kier alpha value is -1.60. The normalized spacial score (nSPS) is 17.9. The lowest BCUT2D eigenvalue weighted by Crippen LogP contribution is -2.29. The van der Waals surface area contributed by atoms with E-state index in [1.807, 2.05) is 0 Å². The summed E-state index contributed by atoms with van der Waals surface area (Å²) >= 11 is 0. The lowest BCUT2D eigenvalue weighted by atomic mass is 10.2. The molecule has 128 valence electrons. The van der Waals surface area contributed by atoms with Gasteiger partial charge in [0.15, 0.2) is 9.84 Å². The van der Waals surface area contributed by atoms with E-state index in [1.165, 1.54) is 12.1 Å². The third-order valence-corrected chi connectivity index (χ3v) is 5.67. The van der Waals surface area contributed by atoms with Crippen molar-refractivity contribution in [1.82, 2.24) is 5.32 Å². The van der Waals surface area contributed by atoms with Crippen LogP contribution in [0.3, 0.4) is 0 Å². The van der Waals surface area contributed by atoms with E-state index in [0.717, 1.165) is 19.3 Å². The number of rotatable bonds is 7. The minimum absolute atomic E-state index is 0.0714. The predicted octanol–water partition coefficient (Wildman–Crippen LogP) is 2.42. The topological polar surface area (TPSA) is 84.5 Å². The highest BCUT2D eigenvalue weighted by molar-refractivity contribution is 7.91. The molecule has 0 spiro atoms. The highest BCUT2D eigenvalue weighted by Crippen LogP contribution is 2.21. The Balaban J connectivity index is 1.91. The van der Waals surface area contributed by atoms with Gasteiger partial charge < -0.3 is 15.4 Å². The molecule has 0 saturated carbocycles. The molecule has 0 radical (unpaired) electrons. The van der Waals surface area contributed by atoms with Crippen molar-refractivity contribution in [2.24, 2.45) is 5.92 Å². The summed E-state index contributed by atoms with van der Waals surface area (Å²) < 4.78 is 29.9. The third-order valence-electron chi connectivity index (χ3n) is 3.77. The molecule has 1 saturated heterocycles. The number of ether oxygens (including phenoxy) is 1. The van der Waals surface area contributed by atoms with Gasteiger partial charge in [0.2, 0.25) is 0 Å². The van der Waals surface area contributed by atoms with E-state index in [4.69, 9.17) is 4.74 Å². The Kier molecular flexibility index (Phi) is 6.41. The number of benzene rings is 1. The van der Waals surface area contributed by atoms with Crippen molar-refractivity contribution >= 4 is 21.6 Å². The van der Waals surface area contributed by atoms with Gasteiger partial charge in [0.25, 0.3) is 0 Å². The van der Waals surface area contributed by atoms with Crippen molar-refractivity contribution in [2.75, 3.05) is 30.8 Å². The van der Waals surface area contributed by atoms with E-state index in [0.29, 0.717) is 25.4 Å². The molecule has 2 N–H and O–H groups in total. The molecule has 1 unspecified atom stereocenters. The number of carbonyl (C=O) groups is 1. The van der Waals surface area contributed by atoms with Gasteiger partial charge in [-0.05, 0) is 43.0 Å². The number of hydrogen-bond acceptors (Lipinski definition) is 4. The summed E-state index contributed by atoms with van der Waals surface area (Å²) in [6.07, 6.45) is 2.73. The van der Waals surface area contributed by atoms with Gasteiger partial charge in [-0.15, -0.1) is 0 Å². The molecule has 0 aliphatic carbocycles. The van der Waals surface area contributed by atoms with E-state index in [1.54, 1.807) is 12.1 Å². The molecular weight excluding hydrogens is 316 g/mol. The minimum Gasteiger partial charge on any atom is -0.381 e. The molecule has 2 rings (SSSR count). The number of sulfone groups is 1. The minimum atomic E-state index is -3.31. The van der Waals surface area contributed by atoms with Gasteiger partial charge in [-0.3, -0.25) is 0 Å². The first kappa shape index (κ1) is 17.7. The highest BCUT2D eigenvalue weighted by Gasteiger charge is 2.24. The summed E-state index contributed by atoms with van der Waals surface area (Å²) in [7, 11) is -3.31.